The maximum atomic E-state index is 13.0. The fraction of sp³-hybridized carbons (Fsp3) is 0.478. The van der Waals surface area contributed by atoms with Gasteiger partial charge in [-0.15, -0.1) is 0 Å². The molecular weight excluding hydrogens is 421 g/mol. The molecule has 5 rings (SSSR count). The van der Waals surface area contributed by atoms with E-state index in [1.54, 1.807) is 12.1 Å². The molecule has 2 heterocycles. The minimum Gasteiger partial charge on any atom is -0.379 e. The zero-order chi connectivity index (χ0) is 22.3. The third-order valence-corrected chi connectivity index (χ3v) is 6.62. The van der Waals surface area contributed by atoms with Crippen LogP contribution in [-0.2, 0) is 0 Å². The highest BCUT2D eigenvalue weighted by molar-refractivity contribution is 5.93. The maximum absolute atomic E-state index is 13.0. The fourth-order valence-corrected chi connectivity index (χ4v) is 4.62. The molecule has 170 valence electrons. The summed E-state index contributed by atoms with van der Waals surface area (Å²) in [6.45, 7) is 1.75. The number of aliphatic hydroxyl groups excluding tert-OH is 1. The zero-order valence-electron chi connectivity index (χ0n) is 17.5. The molecule has 0 bridgehead atoms. The van der Waals surface area contributed by atoms with Gasteiger partial charge in [-0.1, -0.05) is 24.6 Å². The van der Waals surface area contributed by atoms with E-state index >= 15 is 0 Å². The van der Waals surface area contributed by atoms with Crippen LogP contribution in [0.4, 0.5) is 18.9 Å². The molecule has 0 spiro atoms. The summed E-state index contributed by atoms with van der Waals surface area (Å²) in [5.41, 5.74) is 3.15. The first-order valence-electron chi connectivity index (χ1n) is 11.0. The molecule has 1 aliphatic carbocycles. The zero-order valence-corrected chi connectivity index (χ0v) is 17.5. The number of nitrogens with one attached hydrogen (secondary N) is 1. The molecule has 1 saturated heterocycles. The molecule has 6 nitrogen and oxygen atoms in total. The summed E-state index contributed by atoms with van der Waals surface area (Å²) in [4.78, 5) is 2.30. The molecule has 3 aromatic rings. The maximum Gasteiger partial charge on any atom is 0.418 e. The Morgan fingerprint density at radius 2 is 1.94 bits per heavy atom. The van der Waals surface area contributed by atoms with E-state index in [2.05, 4.69) is 20.5 Å². The third-order valence-electron chi connectivity index (χ3n) is 6.62. The van der Waals surface area contributed by atoms with Gasteiger partial charge in [0.1, 0.15) is 5.52 Å². The Bertz CT molecular complexity index is 1100. The van der Waals surface area contributed by atoms with Crippen molar-refractivity contribution in [2.75, 3.05) is 18.0 Å². The molecule has 1 aromatic heterocycles. The van der Waals surface area contributed by atoms with Gasteiger partial charge in [0.15, 0.2) is 11.6 Å². The van der Waals surface area contributed by atoms with Gasteiger partial charge < -0.3 is 15.3 Å². The van der Waals surface area contributed by atoms with Crippen molar-refractivity contribution in [3.05, 3.63) is 42.0 Å². The summed E-state index contributed by atoms with van der Waals surface area (Å²) in [6.07, 6.45) is -1.41. The third kappa shape index (κ3) is 4.06. The molecule has 2 aromatic carbocycles. The summed E-state index contributed by atoms with van der Waals surface area (Å²) in [7, 11) is 0. The first-order valence-corrected chi connectivity index (χ1v) is 11.0. The second kappa shape index (κ2) is 8.37. The second-order valence-corrected chi connectivity index (χ2v) is 8.72. The number of rotatable bonds is 6. The minimum atomic E-state index is -4.72. The lowest BCUT2D eigenvalue weighted by Gasteiger charge is -2.32. The Kier molecular flexibility index (Phi) is 5.54. The van der Waals surface area contributed by atoms with E-state index in [1.165, 1.54) is 37.5 Å². The number of anilines is 1. The molecule has 1 aliphatic heterocycles. The van der Waals surface area contributed by atoms with Crippen molar-refractivity contribution in [2.45, 2.75) is 56.5 Å². The van der Waals surface area contributed by atoms with Gasteiger partial charge in [-0.05, 0) is 70.9 Å². The Morgan fingerprint density at radius 1 is 1.09 bits per heavy atom. The van der Waals surface area contributed by atoms with Crippen LogP contribution in [0.3, 0.4) is 0 Å². The molecule has 1 saturated carbocycles. The number of alkyl halides is 3. The van der Waals surface area contributed by atoms with Crippen molar-refractivity contribution in [3.63, 3.8) is 0 Å². The van der Waals surface area contributed by atoms with Crippen molar-refractivity contribution in [1.82, 2.24) is 15.6 Å². The number of fused-ring (bicyclic) bond motifs is 1. The smallest absolute Gasteiger partial charge is 0.379 e. The molecule has 32 heavy (non-hydrogen) atoms. The normalized spacial score (nSPS) is 20.6. The first kappa shape index (κ1) is 21.2. The number of nitrogens with zero attached hydrogens (tertiary/aromatic N) is 3. The highest BCUT2D eigenvalue weighted by atomic mass is 19.4. The molecule has 1 unspecified atom stereocenters. The van der Waals surface area contributed by atoms with Gasteiger partial charge in [0.2, 0.25) is 0 Å². The van der Waals surface area contributed by atoms with E-state index in [0.29, 0.717) is 34.2 Å². The second-order valence-electron chi connectivity index (χ2n) is 8.72. The minimum absolute atomic E-state index is 0.196. The van der Waals surface area contributed by atoms with Crippen LogP contribution in [0.5, 0.6) is 0 Å². The van der Waals surface area contributed by atoms with Gasteiger partial charge in [-0.3, -0.25) is 0 Å². The molecule has 9 heteroatoms. The Morgan fingerprint density at radius 3 is 2.69 bits per heavy atom. The van der Waals surface area contributed by atoms with Gasteiger partial charge in [0.05, 0.1) is 5.69 Å². The SMILES string of the molecule is OC(c1cccc(-c2cc(N3CCC[C@H]3CNC3CCC3)c3nonc3c2)c1)C(F)(F)F. The lowest BCUT2D eigenvalue weighted by atomic mass is 9.93. The molecule has 0 radical (unpaired) electrons. The fourth-order valence-electron chi connectivity index (χ4n) is 4.62. The van der Waals surface area contributed by atoms with Crippen LogP contribution in [0.25, 0.3) is 22.2 Å². The summed E-state index contributed by atoms with van der Waals surface area (Å²) in [5, 5.41) is 21.4. The van der Waals surface area contributed by atoms with Gasteiger partial charge in [0, 0.05) is 25.2 Å². The van der Waals surface area contributed by atoms with Crippen molar-refractivity contribution < 1.29 is 22.9 Å². The van der Waals surface area contributed by atoms with E-state index in [0.717, 1.165) is 31.6 Å². The summed E-state index contributed by atoms with van der Waals surface area (Å²) in [5.74, 6) is 0. The molecule has 2 atom stereocenters. The standard InChI is InChI=1S/C23H25F3N4O2/c24-23(25,26)22(31)15-5-1-4-14(10-15)16-11-19-21(29-32-28-19)20(12-16)30-9-3-8-18(30)13-27-17-6-2-7-17/h1,4-5,10-12,17-18,22,27,31H,2-3,6-9,13H2/t18-,22?/m0/s1. The molecule has 0 amide bonds. The van der Waals surface area contributed by atoms with Crippen molar-refractivity contribution in [1.29, 1.82) is 0 Å². The monoisotopic (exact) mass is 446 g/mol. The van der Waals surface area contributed by atoms with Crippen LogP contribution in [0.2, 0.25) is 0 Å². The van der Waals surface area contributed by atoms with Crippen LogP contribution < -0.4 is 10.2 Å². The van der Waals surface area contributed by atoms with Gasteiger partial charge in [-0.2, -0.15) is 13.2 Å². The number of aromatic nitrogens is 2. The summed E-state index contributed by atoms with van der Waals surface area (Å²) in [6, 6.07) is 10.5. The number of benzene rings is 2. The molecular formula is C23H25F3N4O2. The van der Waals surface area contributed by atoms with Gasteiger partial charge in [0.25, 0.3) is 0 Å². The van der Waals surface area contributed by atoms with E-state index < -0.39 is 12.3 Å². The van der Waals surface area contributed by atoms with Crippen LogP contribution in [-0.4, -0.2) is 46.8 Å². The van der Waals surface area contributed by atoms with E-state index in [4.69, 9.17) is 4.63 Å². The number of aliphatic hydroxyl groups is 1. The quantitative estimate of drug-likeness (QED) is 0.577. The van der Waals surface area contributed by atoms with Crippen molar-refractivity contribution in [3.8, 4) is 11.1 Å². The Hall–Kier alpha value is -2.65. The lowest BCUT2D eigenvalue weighted by molar-refractivity contribution is -0.206. The van der Waals surface area contributed by atoms with E-state index in [9.17, 15) is 18.3 Å². The average Bonchev–Trinajstić information content (AvgIpc) is 3.40. The average molecular weight is 446 g/mol. The highest BCUT2D eigenvalue weighted by Crippen LogP contribution is 2.38. The van der Waals surface area contributed by atoms with Crippen molar-refractivity contribution >= 4 is 16.7 Å². The largest absolute Gasteiger partial charge is 0.418 e. The van der Waals surface area contributed by atoms with Gasteiger partial charge >= 0.3 is 6.18 Å². The summed E-state index contributed by atoms with van der Waals surface area (Å²) < 4.78 is 44.0. The van der Waals surface area contributed by atoms with E-state index in [1.807, 2.05) is 6.07 Å². The Balaban J connectivity index is 1.48. The van der Waals surface area contributed by atoms with Gasteiger partial charge in [-0.25, -0.2) is 4.63 Å². The van der Waals surface area contributed by atoms with Crippen LogP contribution >= 0.6 is 0 Å². The summed E-state index contributed by atoms with van der Waals surface area (Å²) >= 11 is 0. The molecule has 2 fully saturated rings. The lowest BCUT2D eigenvalue weighted by Crippen LogP contribution is -2.44. The highest BCUT2D eigenvalue weighted by Gasteiger charge is 2.39. The van der Waals surface area contributed by atoms with Crippen molar-refractivity contribution in [2.24, 2.45) is 0 Å². The predicted octanol–water partition coefficient (Wildman–Crippen LogP) is 4.60. The topological polar surface area (TPSA) is 74.4 Å². The first-order chi connectivity index (χ1) is 15.4. The number of hydrogen-bond acceptors (Lipinski definition) is 6. The molecule has 2 N–H and O–H groups in total. The van der Waals surface area contributed by atoms with Crippen LogP contribution in [0.1, 0.15) is 43.8 Å². The number of halogens is 3. The van der Waals surface area contributed by atoms with Crippen LogP contribution in [0, 0.1) is 0 Å². The van der Waals surface area contributed by atoms with Crippen LogP contribution in [0.15, 0.2) is 41.0 Å². The number of hydrogen-bond donors (Lipinski definition) is 2. The molecule has 2 aliphatic rings. The van der Waals surface area contributed by atoms with E-state index in [-0.39, 0.29) is 5.56 Å². The predicted molar refractivity (Wildman–Crippen MR) is 114 cm³/mol. The Labute approximate surface area is 183 Å².